The van der Waals surface area contributed by atoms with Crippen LogP contribution in [0.5, 0.6) is 0 Å². The lowest BCUT2D eigenvalue weighted by Gasteiger charge is -2.22. The van der Waals surface area contributed by atoms with Crippen molar-refractivity contribution in [1.82, 2.24) is 14.9 Å². The molecule has 1 aromatic heterocycles. The first kappa shape index (κ1) is 20.0. The number of aromatic nitrogens is 2. The normalized spacial score (nSPS) is 11.0. The lowest BCUT2D eigenvalue weighted by molar-refractivity contribution is -0.131. The second kappa shape index (κ2) is 8.97. The monoisotopic (exact) mass is 401 g/mol. The summed E-state index contributed by atoms with van der Waals surface area (Å²) < 4.78 is 13.0. The van der Waals surface area contributed by atoms with Gasteiger partial charge in [-0.1, -0.05) is 30.7 Å². The third-order valence-corrected chi connectivity index (χ3v) is 4.68. The molecule has 0 fully saturated rings. The second-order valence-electron chi connectivity index (χ2n) is 6.62. The van der Waals surface area contributed by atoms with E-state index in [0.29, 0.717) is 41.1 Å². The smallest absolute Gasteiger partial charge is 0.258 e. The Balaban J connectivity index is 1.74. The van der Waals surface area contributed by atoms with Crippen molar-refractivity contribution in [3.63, 3.8) is 0 Å². The van der Waals surface area contributed by atoms with Crippen molar-refractivity contribution < 1.29 is 9.18 Å². The summed E-state index contributed by atoms with van der Waals surface area (Å²) in [6, 6.07) is 11.0. The zero-order valence-corrected chi connectivity index (χ0v) is 16.3. The first-order chi connectivity index (χ1) is 13.5. The van der Waals surface area contributed by atoms with Crippen LogP contribution in [-0.4, -0.2) is 27.3 Å². The number of hydrogen-bond acceptors (Lipinski definition) is 3. The zero-order valence-electron chi connectivity index (χ0n) is 15.5. The number of aryl methyl sites for hydroxylation is 1. The van der Waals surface area contributed by atoms with Crippen LogP contribution in [0.1, 0.15) is 31.2 Å². The maximum absolute atomic E-state index is 13.0. The highest BCUT2D eigenvalue weighted by Crippen LogP contribution is 2.15. The predicted molar refractivity (Wildman–Crippen MR) is 108 cm³/mol. The molecule has 0 aliphatic rings. The third kappa shape index (κ3) is 4.95. The van der Waals surface area contributed by atoms with Crippen molar-refractivity contribution in [3.8, 4) is 0 Å². The van der Waals surface area contributed by atoms with Crippen LogP contribution in [-0.2, 0) is 17.8 Å². The van der Waals surface area contributed by atoms with Gasteiger partial charge < -0.3 is 9.88 Å². The van der Waals surface area contributed by atoms with Gasteiger partial charge in [0.25, 0.3) is 5.56 Å². The number of carbonyl (C=O) groups is 1. The van der Waals surface area contributed by atoms with Gasteiger partial charge in [-0.2, -0.15) is 0 Å². The van der Waals surface area contributed by atoms with Gasteiger partial charge in [-0.3, -0.25) is 9.59 Å². The maximum atomic E-state index is 13.0. The standard InChI is InChI=1S/C21H21ClFN3O2/c1-2-11-26(20(27)10-5-14-3-7-16(23)8-4-14)13-19-24-18-12-15(22)6-9-17(18)21(28)25-19/h3-4,6-9,12H,2,5,10-11,13H2,1H3,(H,24,25,28). The van der Waals surface area contributed by atoms with Gasteiger partial charge in [0.15, 0.2) is 0 Å². The number of nitrogens with one attached hydrogen (secondary N) is 1. The zero-order chi connectivity index (χ0) is 20.1. The van der Waals surface area contributed by atoms with E-state index in [1.807, 2.05) is 6.92 Å². The number of amides is 1. The molecule has 1 amide bonds. The van der Waals surface area contributed by atoms with E-state index in [1.54, 1.807) is 35.2 Å². The fraction of sp³-hybridized carbons (Fsp3) is 0.286. The van der Waals surface area contributed by atoms with Crippen LogP contribution in [0.25, 0.3) is 10.9 Å². The molecular weight excluding hydrogens is 381 g/mol. The SMILES string of the molecule is CCCN(Cc1nc2cc(Cl)ccc2c(=O)[nH]1)C(=O)CCc1ccc(F)cc1. The Morgan fingerprint density at radius 1 is 1.21 bits per heavy atom. The van der Waals surface area contributed by atoms with Crippen LogP contribution in [0, 0.1) is 5.82 Å². The summed E-state index contributed by atoms with van der Waals surface area (Å²) in [5, 5.41) is 0.954. The van der Waals surface area contributed by atoms with Crippen molar-refractivity contribution in [2.45, 2.75) is 32.7 Å². The summed E-state index contributed by atoms with van der Waals surface area (Å²) in [7, 11) is 0. The topological polar surface area (TPSA) is 66.1 Å². The van der Waals surface area contributed by atoms with Crippen LogP contribution in [0.15, 0.2) is 47.3 Å². The number of benzene rings is 2. The minimum atomic E-state index is -0.297. The Labute approximate surface area is 167 Å². The molecule has 0 unspecified atom stereocenters. The molecule has 2 aromatic carbocycles. The highest BCUT2D eigenvalue weighted by Gasteiger charge is 2.15. The summed E-state index contributed by atoms with van der Waals surface area (Å²) >= 11 is 6.00. The molecule has 28 heavy (non-hydrogen) atoms. The van der Waals surface area contributed by atoms with Crippen LogP contribution in [0.2, 0.25) is 5.02 Å². The molecule has 7 heteroatoms. The molecule has 0 saturated carbocycles. The van der Waals surface area contributed by atoms with Gasteiger partial charge in [0.1, 0.15) is 11.6 Å². The molecule has 1 heterocycles. The Morgan fingerprint density at radius 3 is 2.68 bits per heavy atom. The first-order valence-corrected chi connectivity index (χ1v) is 9.54. The molecule has 5 nitrogen and oxygen atoms in total. The van der Waals surface area contributed by atoms with E-state index in [2.05, 4.69) is 9.97 Å². The fourth-order valence-corrected chi connectivity index (χ4v) is 3.21. The Morgan fingerprint density at radius 2 is 1.96 bits per heavy atom. The molecule has 0 aliphatic carbocycles. The predicted octanol–water partition coefficient (Wildman–Crippen LogP) is 4.09. The van der Waals surface area contributed by atoms with Gasteiger partial charge in [-0.05, 0) is 48.7 Å². The largest absolute Gasteiger partial charge is 0.335 e. The van der Waals surface area contributed by atoms with Crippen LogP contribution in [0.3, 0.4) is 0 Å². The van der Waals surface area contributed by atoms with Gasteiger partial charge in [0.2, 0.25) is 5.91 Å². The van der Waals surface area contributed by atoms with Gasteiger partial charge in [0, 0.05) is 18.0 Å². The van der Waals surface area contributed by atoms with E-state index in [4.69, 9.17) is 11.6 Å². The molecule has 0 radical (unpaired) electrons. The van der Waals surface area contributed by atoms with Crippen molar-refractivity contribution in [1.29, 1.82) is 0 Å². The summed E-state index contributed by atoms with van der Waals surface area (Å²) in [5.41, 5.74) is 1.14. The van der Waals surface area contributed by atoms with Gasteiger partial charge in [-0.25, -0.2) is 9.37 Å². The Hall–Kier alpha value is -2.73. The van der Waals surface area contributed by atoms with E-state index in [1.165, 1.54) is 12.1 Å². The minimum Gasteiger partial charge on any atom is -0.335 e. The van der Waals surface area contributed by atoms with Gasteiger partial charge in [0.05, 0.1) is 17.4 Å². The van der Waals surface area contributed by atoms with Crippen molar-refractivity contribution in [2.75, 3.05) is 6.54 Å². The number of hydrogen-bond donors (Lipinski definition) is 1. The first-order valence-electron chi connectivity index (χ1n) is 9.17. The third-order valence-electron chi connectivity index (χ3n) is 4.45. The molecule has 0 aliphatic heterocycles. The van der Waals surface area contributed by atoms with Crippen LogP contribution >= 0.6 is 11.6 Å². The number of halogens is 2. The molecule has 3 aromatic rings. The summed E-state index contributed by atoms with van der Waals surface area (Å²) in [5.74, 6) is 0.0810. The molecule has 0 atom stereocenters. The van der Waals surface area contributed by atoms with E-state index in [0.717, 1.165) is 12.0 Å². The molecule has 146 valence electrons. The average Bonchev–Trinajstić information content (AvgIpc) is 2.66. The molecule has 1 N–H and O–H groups in total. The highest BCUT2D eigenvalue weighted by molar-refractivity contribution is 6.31. The maximum Gasteiger partial charge on any atom is 0.258 e. The van der Waals surface area contributed by atoms with E-state index >= 15 is 0 Å². The molecular formula is C21H21ClFN3O2. The van der Waals surface area contributed by atoms with Gasteiger partial charge in [-0.15, -0.1) is 0 Å². The molecule has 3 rings (SSSR count). The van der Waals surface area contributed by atoms with E-state index in [-0.39, 0.29) is 23.8 Å². The van der Waals surface area contributed by atoms with Crippen LogP contribution in [0.4, 0.5) is 4.39 Å². The van der Waals surface area contributed by atoms with Crippen LogP contribution < -0.4 is 5.56 Å². The lowest BCUT2D eigenvalue weighted by Crippen LogP contribution is -2.33. The van der Waals surface area contributed by atoms with Crippen molar-refractivity contribution >= 4 is 28.4 Å². The number of fused-ring (bicyclic) bond motifs is 1. The summed E-state index contributed by atoms with van der Waals surface area (Å²) in [6.07, 6.45) is 1.61. The second-order valence-corrected chi connectivity index (χ2v) is 7.05. The number of carbonyl (C=O) groups excluding carboxylic acids is 1. The summed E-state index contributed by atoms with van der Waals surface area (Å²) in [4.78, 5) is 33.9. The van der Waals surface area contributed by atoms with E-state index in [9.17, 15) is 14.0 Å². The number of H-pyrrole nitrogens is 1. The fourth-order valence-electron chi connectivity index (χ4n) is 3.04. The Kier molecular flexibility index (Phi) is 6.41. The lowest BCUT2D eigenvalue weighted by atomic mass is 10.1. The molecule has 0 bridgehead atoms. The molecule has 0 spiro atoms. The van der Waals surface area contributed by atoms with Crippen molar-refractivity contribution in [2.24, 2.45) is 0 Å². The minimum absolute atomic E-state index is 0.0417. The van der Waals surface area contributed by atoms with Crippen molar-refractivity contribution in [3.05, 3.63) is 75.0 Å². The quantitative estimate of drug-likeness (QED) is 0.648. The number of aromatic amines is 1. The number of nitrogens with zero attached hydrogens (tertiary/aromatic N) is 2. The summed E-state index contributed by atoms with van der Waals surface area (Å²) in [6.45, 7) is 2.75. The number of rotatable bonds is 7. The molecule has 0 saturated heterocycles. The van der Waals surface area contributed by atoms with Gasteiger partial charge >= 0.3 is 0 Å². The Bertz CT molecular complexity index is 1030. The van der Waals surface area contributed by atoms with E-state index < -0.39 is 0 Å². The highest BCUT2D eigenvalue weighted by atomic mass is 35.5. The average molecular weight is 402 g/mol.